The first-order valence-electron chi connectivity index (χ1n) is 10.3. The van der Waals surface area contributed by atoms with E-state index >= 15 is 0 Å². The van der Waals surface area contributed by atoms with E-state index < -0.39 is 0 Å². The Balaban J connectivity index is 3.00. The van der Waals surface area contributed by atoms with Crippen molar-refractivity contribution in [3.63, 3.8) is 0 Å². The zero-order valence-corrected chi connectivity index (χ0v) is 16.7. The van der Waals surface area contributed by atoms with Crippen molar-refractivity contribution in [2.24, 2.45) is 0 Å². The minimum atomic E-state index is 0.901. The molecule has 0 aliphatic heterocycles. The predicted molar refractivity (Wildman–Crippen MR) is 104 cm³/mol. The highest BCUT2D eigenvalue weighted by molar-refractivity contribution is 4.62. The summed E-state index contributed by atoms with van der Waals surface area (Å²) in [6, 6.07) is 0. The van der Waals surface area contributed by atoms with Gasteiger partial charge in [0.1, 0.15) is 0 Å². The third kappa shape index (κ3) is 21.9. The number of hydrogen-bond acceptors (Lipinski definition) is 1. The first-order chi connectivity index (χ1) is 11.1. The molecule has 0 bridgehead atoms. The molecule has 0 fully saturated rings. The molecule has 139 valence electrons. The van der Waals surface area contributed by atoms with Gasteiger partial charge in [0.2, 0.25) is 0 Å². The molecule has 0 unspecified atom stereocenters. The highest BCUT2D eigenvalue weighted by Crippen LogP contribution is 2.11. The number of rotatable bonds is 18. The minimum Gasteiger partial charge on any atom is -0.381 e. The Morgan fingerprint density at radius 3 is 1.61 bits per heavy atom. The number of ether oxygens (including phenoxy) is 1. The Morgan fingerprint density at radius 2 is 1.13 bits per heavy atom. The van der Waals surface area contributed by atoms with Crippen molar-refractivity contribution in [1.29, 1.82) is 0 Å². The molecule has 0 aromatic carbocycles. The van der Waals surface area contributed by atoms with Crippen LogP contribution in [0, 0.1) is 6.42 Å². The van der Waals surface area contributed by atoms with Crippen molar-refractivity contribution < 1.29 is 9.22 Å². The van der Waals surface area contributed by atoms with Crippen LogP contribution in [0.4, 0.5) is 0 Å². The van der Waals surface area contributed by atoms with Crippen molar-refractivity contribution in [2.75, 3.05) is 40.9 Å². The van der Waals surface area contributed by atoms with Gasteiger partial charge in [-0.1, -0.05) is 77.6 Å². The summed E-state index contributed by atoms with van der Waals surface area (Å²) < 4.78 is 6.71. The Kier molecular flexibility index (Phi) is 16.7. The SMILES string of the molecule is CCCCCCCCCCCCCCOCC[CH]C[N+](C)(C)C. The van der Waals surface area contributed by atoms with Gasteiger partial charge in [0, 0.05) is 19.6 Å². The molecule has 1 radical (unpaired) electrons. The molecule has 0 amide bonds. The molecule has 0 saturated heterocycles. The number of hydrogen-bond donors (Lipinski definition) is 0. The number of quaternary nitrogens is 1. The van der Waals surface area contributed by atoms with Gasteiger partial charge in [-0.25, -0.2) is 0 Å². The van der Waals surface area contributed by atoms with Gasteiger partial charge < -0.3 is 9.22 Å². The van der Waals surface area contributed by atoms with Crippen molar-refractivity contribution in [1.82, 2.24) is 0 Å². The zero-order valence-electron chi connectivity index (χ0n) is 16.7. The summed E-state index contributed by atoms with van der Waals surface area (Å²) in [5.74, 6) is 0. The minimum absolute atomic E-state index is 0.901. The quantitative estimate of drug-likeness (QED) is 0.221. The molecule has 2 heteroatoms. The fourth-order valence-corrected chi connectivity index (χ4v) is 2.79. The lowest BCUT2D eigenvalue weighted by molar-refractivity contribution is -0.866. The van der Waals surface area contributed by atoms with Crippen LogP contribution < -0.4 is 0 Å². The summed E-state index contributed by atoms with van der Waals surface area (Å²) in [4.78, 5) is 0. The predicted octanol–water partition coefficient (Wildman–Crippen LogP) is 6.00. The van der Waals surface area contributed by atoms with E-state index in [1.165, 1.54) is 77.0 Å². The molecule has 0 N–H and O–H groups in total. The van der Waals surface area contributed by atoms with Crippen LogP contribution in [0.1, 0.15) is 90.4 Å². The van der Waals surface area contributed by atoms with Gasteiger partial charge >= 0.3 is 0 Å². The monoisotopic (exact) mass is 327 g/mol. The summed E-state index contributed by atoms with van der Waals surface area (Å²) in [6.07, 6.45) is 20.3. The highest BCUT2D eigenvalue weighted by Gasteiger charge is 2.05. The number of nitrogens with zero attached hydrogens (tertiary/aromatic N) is 1. The van der Waals surface area contributed by atoms with Gasteiger partial charge in [-0.2, -0.15) is 0 Å². The molecule has 0 aromatic heterocycles. The first kappa shape index (κ1) is 22.9. The van der Waals surface area contributed by atoms with E-state index in [-0.39, 0.29) is 0 Å². The second-order valence-electron chi connectivity index (χ2n) is 8.05. The van der Waals surface area contributed by atoms with Crippen molar-refractivity contribution in [3.05, 3.63) is 6.42 Å². The Bertz CT molecular complexity index is 222. The average molecular weight is 328 g/mol. The Labute approximate surface area is 147 Å². The smallest absolute Gasteiger partial charge is 0.0814 e. The molecule has 0 aliphatic carbocycles. The molecular formula is C21H45NO+. The summed E-state index contributed by atoms with van der Waals surface area (Å²) in [5, 5.41) is 0. The maximum Gasteiger partial charge on any atom is 0.0814 e. The molecule has 0 aromatic rings. The lowest BCUT2D eigenvalue weighted by atomic mass is 10.1. The van der Waals surface area contributed by atoms with Crippen molar-refractivity contribution in [2.45, 2.75) is 90.4 Å². The van der Waals surface area contributed by atoms with E-state index in [1.54, 1.807) is 0 Å². The number of unbranched alkanes of at least 4 members (excludes halogenated alkanes) is 12. The van der Waals surface area contributed by atoms with Crippen LogP contribution in [0.15, 0.2) is 0 Å². The summed E-state index contributed by atoms with van der Waals surface area (Å²) >= 11 is 0. The van der Waals surface area contributed by atoms with Crippen LogP contribution in [-0.4, -0.2) is 45.4 Å². The zero-order chi connectivity index (χ0) is 17.2. The van der Waals surface area contributed by atoms with Crippen LogP contribution in [0.2, 0.25) is 0 Å². The standard InChI is InChI=1S/C21H45NO/c1-5-6-7-8-9-10-11-12-13-14-15-17-20-23-21-18-16-19-22(2,3)4/h16H,5-15,17-21H2,1-4H3/q+1. The van der Waals surface area contributed by atoms with Gasteiger partial charge in [-0.05, 0) is 12.8 Å². The van der Waals surface area contributed by atoms with E-state index in [1.807, 2.05) is 0 Å². The summed E-state index contributed by atoms with van der Waals surface area (Å²) in [6.45, 7) is 5.27. The topological polar surface area (TPSA) is 9.23 Å². The third-order valence-corrected chi connectivity index (χ3v) is 4.29. The van der Waals surface area contributed by atoms with E-state index in [2.05, 4.69) is 34.5 Å². The van der Waals surface area contributed by atoms with E-state index in [0.29, 0.717) is 0 Å². The summed E-state index contributed by atoms with van der Waals surface area (Å²) in [7, 11) is 6.68. The second kappa shape index (κ2) is 16.8. The van der Waals surface area contributed by atoms with Gasteiger partial charge in [0.05, 0.1) is 27.7 Å². The van der Waals surface area contributed by atoms with Crippen molar-refractivity contribution in [3.8, 4) is 0 Å². The molecular weight excluding hydrogens is 282 g/mol. The summed E-state index contributed by atoms with van der Waals surface area (Å²) in [5.41, 5.74) is 0. The molecule has 0 rings (SSSR count). The van der Waals surface area contributed by atoms with Gasteiger partial charge in [-0.3, -0.25) is 0 Å². The van der Waals surface area contributed by atoms with E-state index in [0.717, 1.165) is 30.7 Å². The normalized spacial score (nSPS) is 12.0. The molecule has 0 heterocycles. The fraction of sp³-hybridized carbons (Fsp3) is 0.952. The second-order valence-corrected chi connectivity index (χ2v) is 8.05. The van der Waals surface area contributed by atoms with Crippen molar-refractivity contribution >= 4 is 0 Å². The first-order valence-corrected chi connectivity index (χ1v) is 10.3. The lowest BCUT2D eigenvalue weighted by Crippen LogP contribution is -2.35. The lowest BCUT2D eigenvalue weighted by Gasteiger charge is -2.23. The molecule has 2 nitrogen and oxygen atoms in total. The van der Waals surface area contributed by atoms with Crippen LogP contribution in [-0.2, 0) is 4.74 Å². The Hall–Kier alpha value is -0.0800. The highest BCUT2D eigenvalue weighted by atomic mass is 16.5. The van der Waals surface area contributed by atoms with E-state index in [9.17, 15) is 0 Å². The van der Waals surface area contributed by atoms with Gasteiger partial charge in [0.25, 0.3) is 0 Å². The largest absolute Gasteiger partial charge is 0.381 e. The van der Waals surface area contributed by atoms with Crippen LogP contribution in [0.5, 0.6) is 0 Å². The van der Waals surface area contributed by atoms with E-state index in [4.69, 9.17) is 4.74 Å². The molecule has 23 heavy (non-hydrogen) atoms. The maximum absolute atomic E-state index is 5.70. The maximum atomic E-state index is 5.70. The molecule has 0 spiro atoms. The molecule has 0 aliphatic rings. The molecule has 0 saturated carbocycles. The van der Waals surface area contributed by atoms with Gasteiger partial charge in [-0.15, -0.1) is 0 Å². The van der Waals surface area contributed by atoms with Crippen LogP contribution in [0.25, 0.3) is 0 Å². The van der Waals surface area contributed by atoms with Crippen LogP contribution in [0.3, 0.4) is 0 Å². The average Bonchev–Trinajstić information content (AvgIpc) is 2.49. The van der Waals surface area contributed by atoms with Crippen LogP contribution >= 0.6 is 0 Å². The van der Waals surface area contributed by atoms with Gasteiger partial charge in [0.15, 0.2) is 0 Å². The molecule has 0 atom stereocenters. The Morgan fingerprint density at radius 1 is 0.652 bits per heavy atom. The third-order valence-electron chi connectivity index (χ3n) is 4.29. The fourth-order valence-electron chi connectivity index (χ4n) is 2.79.